The minimum atomic E-state index is -0.443. The van der Waals surface area contributed by atoms with Gasteiger partial charge in [-0.15, -0.1) is 10.2 Å². The minimum Gasteiger partial charge on any atom is -0.491 e. The lowest BCUT2D eigenvalue weighted by Crippen LogP contribution is -2.10. The highest BCUT2D eigenvalue weighted by atomic mass is 16.5. The van der Waals surface area contributed by atoms with Crippen molar-refractivity contribution < 1.29 is 9.15 Å². The zero-order chi connectivity index (χ0) is 19.6. The molecule has 5 rings (SSSR count). The Morgan fingerprint density at radius 1 is 1.00 bits per heavy atom. The Kier molecular flexibility index (Phi) is 4.24. The van der Waals surface area contributed by atoms with Gasteiger partial charge in [0.05, 0.1) is 36.3 Å². The van der Waals surface area contributed by atoms with E-state index in [2.05, 4.69) is 20.6 Å². The molecule has 0 spiro atoms. The van der Waals surface area contributed by atoms with Crippen LogP contribution in [0.3, 0.4) is 0 Å². The van der Waals surface area contributed by atoms with Crippen LogP contribution < -0.4 is 10.4 Å². The van der Waals surface area contributed by atoms with Gasteiger partial charge in [0.1, 0.15) is 29.2 Å². The van der Waals surface area contributed by atoms with Crippen molar-refractivity contribution in [2.24, 2.45) is 0 Å². The van der Waals surface area contributed by atoms with Crippen molar-refractivity contribution in [1.82, 2.24) is 30.0 Å². The van der Waals surface area contributed by atoms with E-state index in [1.807, 2.05) is 48.7 Å². The molecule has 9 heteroatoms. The van der Waals surface area contributed by atoms with Crippen LogP contribution in [0.2, 0.25) is 0 Å². The first kappa shape index (κ1) is 17.1. The van der Waals surface area contributed by atoms with Gasteiger partial charge >= 0.3 is 5.63 Å². The van der Waals surface area contributed by atoms with Gasteiger partial charge in [0.15, 0.2) is 0 Å². The summed E-state index contributed by atoms with van der Waals surface area (Å²) in [6.45, 7) is 1.30. The summed E-state index contributed by atoms with van der Waals surface area (Å²) < 4.78 is 14.5. The molecule has 0 amide bonds. The predicted octanol–water partition coefficient (Wildman–Crippen LogP) is 2.26. The molecule has 9 nitrogen and oxygen atoms in total. The highest BCUT2D eigenvalue weighted by molar-refractivity contribution is 5.82. The first-order valence-corrected chi connectivity index (χ1v) is 9.09. The van der Waals surface area contributed by atoms with Gasteiger partial charge in [-0.1, -0.05) is 34.7 Å². The number of fused-ring (bicyclic) bond motifs is 2. The lowest BCUT2D eigenvalue weighted by atomic mass is 10.2. The molecule has 0 unspecified atom stereocenters. The number of aromatic nitrogens is 6. The molecule has 3 heterocycles. The van der Waals surface area contributed by atoms with Crippen LogP contribution in [-0.4, -0.2) is 36.6 Å². The zero-order valence-corrected chi connectivity index (χ0v) is 15.3. The molecule has 0 aliphatic carbocycles. The normalized spacial score (nSPS) is 11.3. The van der Waals surface area contributed by atoms with Gasteiger partial charge in [0.2, 0.25) is 0 Å². The Hall–Kier alpha value is -4.01. The van der Waals surface area contributed by atoms with E-state index in [1.165, 1.54) is 6.07 Å². The summed E-state index contributed by atoms with van der Waals surface area (Å²) in [6, 6.07) is 16.4. The summed E-state index contributed by atoms with van der Waals surface area (Å²) >= 11 is 0. The average molecular weight is 388 g/mol. The fourth-order valence-electron chi connectivity index (χ4n) is 3.16. The molecule has 144 valence electrons. The Morgan fingerprint density at radius 3 is 2.83 bits per heavy atom. The number of nitrogens with zero attached hydrogens (tertiary/aromatic N) is 6. The molecule has 0 saturated heterocycles. The second kappa shape index (κ2) is 7.19. The van der Waals surface area contributed by atoms with Crippen molar-refractivity contribution in [2.75, 3.05) is 6.61 Å². The standard InChI is InChI=1S/C20H16N6O3/c27-20-11-19(15-5-1-4-8-18(15)29-20)28-10-9-25-12-14(21-23-25)13-26-17-7-3-2-6-16(17)22-24-26/h1-8,11-12H,9-10,13H2. The Bertz CT molecular complexity index is 1350. The molecule has 0 N–H and O–H groups in total. The lowest BCUT2D eigenvalue weighted by molar-refractivity contribution is 0.291. The number of para-hydroxylation sites is 2. The van der Waals surface area contributed by atoms with Crippen LogP contribution in [0.4, 0.5) is 0 Å². The molecule has 0 fully saturated rings. The lowest BCUT2D eigenvalue weighted by Gasteiger charge is -2.08. The highest BCUT2D eigenvalue weighted by Crippen LogP contribution is 2.23. The maximum atomic E-state index is 11.7. The Balaban J connectivity index is 1.26. The smallest absolute Gasteiger partial charge is 0.339 e. The van der Waals surface area contributed by atoms with E-state index in [4.69, 9.17) is 9.15 Å². The SMILES string of the molecule is O=c1cc(OCCn2cc(Cn3nnc4ccccc43)nn2)c2ccccc2o1. The van der Waals surface area contributed by atoms with Crippen LogP contribution in [0, 0.1) is 0 Å². The molecule has 0 radical (unpaired) electrons. The van der Waals surface area contributed by atoms with Crippen molar-refractivity contribution in [1.29, 1.82) is 0 Å². The van der Waals surface area contributed by atoms with Crippen molar-refractivity contribution in [2.45, 2.75) is 13.1 Å². The monoisotopic (exact) mass is 388 g/mol. The van der Waals surface area contributed by atoms with Gasteiger partial charge < -0.3 is 9.15 Å². The second-order valence-electron chi connectivity index (χ2n) is 6.48. The molecule has 0 saturated carbocycles. The fraction of sp³-hybridized carbons (Fsp3) is 0.150. The number of benzene rings is 2. The first-order chi connectivity index (χ1) is 14.3. The summed E-state index contributed by atoms with van der Waals surface area (Å²) in [4.78, 5) is 11.7. The molecule has 0 aliphatic rings. The number of ether oxygens (including phenoxy) is 1. The molecule has 0 bridgehead atoms. The predicted molar refractivity (Wildman–Crippen MR) is 105 cm³/mol. The second-order valence-corrected chi connectivity index (χ2v) is 6.48. The van der Waals surface area contributed by atoms with E-state index in [0.717, 1.165) is 22.1 Å². The largest absolute Gasteiger partial charge is 0.491 e. The van der Waals surface area contributed by atoms with E-state index < -0.39 is 5.63 Å². The van der Waals surface area contributed by atoms with Crippen LogP contribution in [-0.2, 0) is 13.1 Å². The van der Waals surface area contributed by atoms with E-state index >= 15 is 0 Å². The van der Waals surface area contributed by atoms with Crippen molar-refractivity contribution in [3.8, 4) is 5.75 Å². The molecule has 3 aromatic heterocycles. The van der Waals surface area contributed by atoms with Gasteiger partial charge in [-0.25, -0.2) is 14.2 Å². The van der Waals surface area contributed by atoms with E-state index in [-0.39, 0.29) is 0 Å². The van der Waals surface area contributed by atoms with Crippen molar-refractivity contribution in [3.05, 3.63) is 76.9 Å². The topological polar surface area (TPSA) is 101 Å². The van der Waals surface area contributed by atoms with Crippen LogP contribution >= 0.6 is 0 Å². The van der Waals surface area contributed by atoms with Gasteiger partial charge in [0.25, 0.3) is 0 Å². The van der Waals surface area contributed by atoms with E-state index in [1.54, 1.807) is 15.4 Å². The Morgan fingerprint density at radius 2 is 1.86 bits per heavy atom. The van der Waals surface area contributed by atoms with Gasteiger partial charge in [0, 0.05) is 0 Å². The molecule has 29 heavy (non-hydrogen) atoms. The van der Waals surface area contributed by atoms with Crippen LogP contribution in [0.25, 0.3) is 22.0 Å². The van der Waals surface area contributed by atoms with E-state index in [9.17, 15) is 4.79 Å². The number of hydrogen-bond acceptors (Lipinski definition) is 7. The highest BCUT2D eigenvalue weighted by Gasteiger charge is 2.09. The third-order valence-electron chi connectivity index (χ3n) is 4.51. The first-order valence-electron chi connectivity index (χ1n) is 9.09. The third kappa shape index (κ3) is 3.45. The summed E-state index contributed by atoms with van der Waals surface area (Å²) in [7, 11) is 0. The quantitative estimate of drug-likeness (QED) is 0.411. The maximum absolute atomic E-state index is 11.7. The minimum absolute atomic E-state index is 0.336. The third-order valence-corrected chi connectivity index (χ3v) is 4.51. The maximum Gasteiger partial charge on any atom is 0.339 e. The summed E-state index contributed by atoms with van der Waals surface area (Å²) in [6.07, 6.45) is 1.84. The van der Waals surface area contributed by atoms with Gasteiger partial charge in [-0.2, -0.15) is 0 Å². The number of rotatable bonds is 6. The van der Waals surface area contributed by atoms with Crippen LogP contribution in [0.5, 0.6) is 5.75 Å². The summed E-state index contributed by atoms with van der Waals surface area (Å²) in [5.41, 5.74) is 2.61. The van der Waals surface area contributed by atoms with Gasteiger partial charge in [-0.3, -0.25) is 0 Å². The molecule has 0 atom stereocenters. The molecular formula is C20H16N6O3. The van der Waals surface area contributed by atoms with Crippen molar-refractivity contribution >= 4 is 22.0 Å². The molecule has 2 aromatic carbocycles. The molecule has 0 aliphatic heterocycles. The molecular weight excluding hydrogens is 372 g/mol. The zero-order valence-electron chi connectivity index (χ0n) is 15.3. The average Bonchev–Trinajstić information content (AvgIpc) is 3.35. The van der Waals surface area contributed by atoms with Crippen molar-refractivity contribution in [3.63, 3.8) is 0 Å². The fourth-order valence-corrected chi connectivity index (χ4v) is 3.16. The number of hydrogen-bond donors (Lipinski definition) is 0. The van der Waals surface area contributed by atoms with Gasteiger partial charge in [-0.05, 0) is 24.3 Å². The summed E-state index contributed by atoms with van der Waals surface area (Å²) in [5.74, 6) is 0.492. The summed E-state index contributed by atoms with van der Waals surface area (Å²) in [5, 5.41) is 17.4. The van der Waals surface area contributed by atoms with Crippen LogP contribution in [0.1, 0.15) is 5.69 Å². The van der Waals surface area contributed by atoms with Crippen LogP contribution in [0.15, 0.2) is 70.0 Å². The Labute approximate surface area is 164 Å². The molecule has 5 aromatic rings. The van der Waals surface area contributed by atoms with E-state index in [0.29, 0.717) is 31.0 Å².